The highest BCUT2D eigenvalue weighted by molar-refractivity contribution is 6.06. The number of esters is 1. The molecular formula is C31H38N6O7. The van der Waals surface area contributed by atoms with Crippen LogP contribution in [0.25, 0.3) is 0 Å². The van der Waals surface area contributed by atoms with Crippen LogP contribution in [0.4, 0.5) is 15.3 Å². The number of hydrogen-bond acceptors (Lipinski definition) is 8. The van der Waals surface area contributed by atoms with Crippen LogP contribution in [0.15, 0.2) is 53.6 Å². The number of nitrogens with zero attached hydrogens (tertiary/aromatic N) is 2. The molecule has 5 N–H and O–H groups in total. The largest absolute Gasteiger partial charge is 0.460 e. The Bertz CT molecular complexity index is 1420. The molecule has 2 heterocycles. The minimum atomic E-state index is -0.982. The molecule has 3 atom stereocenters. The lowest BCUT2D eigenvalue weighted by atomic mass is 9.92. The zero-order valence-corrected chi connectivity index (χ0v) is 25.0. The topological polar surface area (TPSA) is 182 Å². The second-order valence-electron chi connectivity index (χ2n) is 11.6. The summed E-state index contributed by atoms with van der Waals surface area (Å²) in [6.45, 7) is 5.18. The van der Waals surface area contributed by atoms with Crippen molar-refractivity contribution in [1.82, 2.24) is 16.1 Å². The average molecular weight is 607 g/mol. The van der Waals surface area contributed by atoms with E-state index in [1.165, 1.54) is 11.1 Å². The molecule has 0 spiro atoms. The number of rotatable bonds is 9. The summed E-state index contributed by atoms with van der Waals surface area (Å²) in [6, 6.07) is 11.1. The summed E-state index contributed by atoms with van der Waals surface area (Å²) >= 11 is 0. The van der Waals surface area contributed by atoms with Gasteiger partial charge in [-0.1, -0.05) is 48.5 Å². The third-order valence-electron chi connectivity index (χ3n) is 7.05. The molecular weight excluding hydrogens is 568 g/mol. The minimum Gasteiger partial charge on any atom is -0.460 e. The molecule has 13 nitrogen and oxygen atoms in total. The maximum atomic E-state index is 14.0. The van der Waals surface area contributed by atoms with Gasteiger partial charge < -0.3 is 25.8 Å². The average Bonchev–Trinajstić information content (AvgIpc) is 3.09. The molecule has 2 aliphatic heterocycles. The smallest absolute Gasteiger partial charge is 0.408 e. The van der Waals surface area contributed by atoms with Gasteiger partial charge >= 0.3 is 18.1 Å². The fourth-order valence-corrected chi connectivity index (χ4v) is 5.25. The van der Waals surface area contributed by atoms with E-state index in [4.69, 9.17) is 15.2 Å². The summed E-state index contributed by atoms with van der Waals surface area (Å²) in [4.78, 5) is 65.7. The van der Waals surface area contributed by atoms with E-state index >= 15 is 0 Å². The van der Waals surface area contributed by atoms with Gasteiger partial charge in [-0.3, -0.25) is 19.3 Å². The Balaban J connectivity index is 1.54. The first-order chi connectivity index (χ1) is 20.9. The third-order valence-corrected chi connectivity index (χ3v) is 7.05. The van der Waals surface area contributed by atoms with Crippen LogP contribution in [0.5, 0.6) is 0 Å². The number of benzene rings is 2. The van der Waals surface area contributed by atoms with Gasteiger partial charge in [0.2, 0.25) is 11.8 Å². The number of hydrazone groups is 1. The molecule has 5 amide bonds. The second kappa shape index (κ2) is 14.0. The van der Waals surface area contributed by atoms with Gasteiger partial charge in [0, 0.05) is 6.21 Å². The van der Waals surface area contributed by atoms with E-state index in [2.05, 4.69) is 15.7 Å². The van der Waals surface area contributed by atoms with Crippen LogP contribution < -0.4 is 26.7 Å². The first-order valence-corrected chi connectivity index (χ1v) is 14.4. The number of primary amides is 1. The fourth-order valence-electron chi connectivity index (χ4n) is 5.25. The highest BCUT2D eigenvalue weighted by atomic mass is 16.6. The Morgan fingerprint density at radius 2 is 1.73 bits per heavy atom. The molecule has 0 saturated carbocycles. The maximum Gasteiger partial charge on any atom is 0.408 e. The molecule has 0 fully saturated rings. The van der Waals surface area contributed by atoms with Crippen molar-refractivity contribution in [3.05, 3.63) is 65.2 Å². The number of carbonyl (C=O) groups is 5. The molecule has 0 aliphatic carbocycles. The van der Waals surface area contributed by atoms with Crippen LogP contribution in [0.3, 0.4) is 0 Å². The molecule has 13 heteroatoms. The Morgan fingerprint density at radius 1 is 1.05 bits per heavy atom. The zero-order chi connectivity index (χ0) is 31.9. The number of amides is 5. The van der Waals surface area contributed by atoms with Crippen molar-refractivity contribution < 1.29 is 33.4 Å². The van der Waals surface area contributed by atoms with Crippen LogP contribution in [0, 0.1) is 0 Å². The molecule has 2 aliphatic rings. The van der Waals surface area contributed by atoms with Crippen LogP contribution >= 0.6 is 0 Å². The van der Waals surface area contributed by atoms with Gasteiger partial charge in [0.15, 0.2) is 0 Å². The number of hydrogen-bond donors (Lipinski definition) is 4. The first kappa shape index (κ1) is 32.0. The summed E-state index contributed by atoms with van der Waals surface area (Å²) in [5.41, 5.74) is 9.62. The highest BCUT2D eigenvalue weighted by Crippen LogP contribution is 2.37. The van der Waals surface area contributed by atoms with Gasteiger partial charge in [-0.05, 0) is 63.1 Å². The summed E-state index contributed by atoms with van der Waals surface area (Å²) in [6.07, 6.45) is 1.79. The first-order valence-electron chi connectivity index (χ1n) is 14.4. The molecule has 0 aromatic heterocycles. The lowest BCUT2D eigenvalue weighted by molar-refractivity contribution is -0.155. The van der Waals surface area contributed by atoms with Crippen molar-refractivity contribution in [2.75, 3.05) is 4.90 Å². The Hall–Kier alpha value is -4.94. The van der Waals surface area contributed by atoms with E-state index in [0.717, 1.165) is 16.7 Å². The van der Waals surface area contributed by atoms with Gasteiger partial charge in [0.05, 0.1) is 18.2 Å². The Morgan fingerprint density at radius 3 is 2.39 bits per heavy atom. The second-order valence-corrected chi connectivity index (χ2v) is 11.6. The fraction of sp³-hybridized carbons (Fsp3) is 0.419. The number of alkyl carbamates (subject to hydrolysis) is 1. The van der Waals surface area contributed by atoms with Crippen molar-refractivity contribution in [3.8, 4) is 0 Å². The van der Waals surface area contributed by atoms with Crippen molar-refractivity contribution in [2.45, 2.75) is 83.2 Å². The van der Waals surface area contributed by atoms with Crippen molar-refractivity contribution in [2.24, 2.45) is 10.8 Å². The van der Waals surface area contributed by atoms with E-state index in [1.54, 1.807) is 20.8 Å². The predicted molar refractivity (Wildman–Crippen MR) is 162 cm³/mol. The van der Waals surface area contributed by atoms with Crippen LogP contribution in [-0.2, 0) is 43.3 Å². The van der Waals surface area contributed by atoms with Gasteiger partial charge in [-0.2, -0.15) is 5.10 Å². The van der Waals surface area contributed by atoms with Crippen molar-refractivity contribution in [1.29, 1.82) is 0 Å². The molecule has 2 aromatic carbocycles. The minimum absolute atomic E-state index is 0.0396. The zero-order valence-electron chi connectivity index (χ0n) is 25.0. The number of ether oxygens (including phenoxy) is 2. The van der Waals surface area contributed by atoms with Gasteiger partial charge in [0.1, 0.15) is 24.3 Å². The molecule has 2 aromatic rings. The van der Waals surface area contributed by atoms with Gasteiger partial charge in [-0.25, -0.2) is 15.0 Å². The van der Waals surface area contributed by atoms with E-state index in [-0.39, 0.29) is 13.0 Å². The number of carbonyl (C=O) groups excluding carboxylic acids is 5. The van der Waals surface area contributed by atoms with E-state index in [9.17, 15) is 24.0 Å². The lowest BCUT2D eigenvalue weighted by Crippen LogP contribution is -2.58. The normalized spacial score (nSPS) is 18.4. The summed E-state index contributed by atoms with van der Waals surface area (Å²) < 4.78 is 10.7. The number of aryl methyl sites for hydroxylation is 2. The highest BCUT2D eigenvalue weighted by Gasteiger charge is 2.42. The number of para-hydroxylation sites is 1. The Labute approximate surface area is 255 Å². The SMILES string of the molecule is CC(C)(C)OC(=O)C[C@H](/C=N/NC(N)=O)NC(=O)C1CCc2cccc3c2N1C(=O)[C@@H](NC(=O)OCc1ccccc1)CC3. The van der Waals surface area contributed by atoms with Gasteiger partial charge in [0.25, 0.3) is 0 Å². The molecule has 4 rings (SSSR count). The molecule has 0 bridgehead atoms. The predicted octanol–water partition coefficient (Wildman–Crippen LogP) is 2.45. The monoisotopic (exact) mass is 606 g/mol. The van der Waals surface area contributed by atoms with Crippen LogP contribution in [-0.4, -0.2) is 59.8 Å². The van der Waals surface area contributed by atoms with E-state index in [1.807, 2.05) is 54.0 Å². The lowest BCUT2D eigenvalue weighted by Gasteiger charge is -2.38. The van der Waals surface area contributed by atoms with Crippen LogP contribution in [0.2, 0.25) is 0 Å². The quantitative estimate of drug-likeness (QED) is 0.192. The molecule has 234 valence electrons. The summed E-state index contributed by atoms with van der Waals surface area (Å²) in [7, 11) is 0. The summed E-state index contributed by atoms with van der Waals surface area (Å²) in [5, 5.41) is 9.17. The molecule has 0 radical (unpaired) electrons. The number of nitrogens with one attached hydrogen (secondary N) is 3. The number of urea groups is 1. The number of nitrogens with two attached hydrogens (primary N) is 1. The maximum absolute atomic E-state index is 14.0. The molecule has 1 unspecified atom stereocenters. The van der Waals surface area contributed by atoms with Crippen LogP contribution in [0.1, 0.15) is 56.7 Å². The van der Waals surface area contributed by atoms with E-state index < -0.39 is 53.6 Å². The molecule has 0 saturated heterocycles. The van der Waals surface area contributed by atoms with Gasteiger partial charge in [-0.15, -0.1) is 0 Å². The van der Waals surface area contributed by atoms with E-state index in [0.29, 0.717) is 31.4 Å². The standard InChI is InChI=1S/C31H38N6O7/c1-31(2,3)44-25(38)16-22(17-33-36-29(32)41)34-27(39)24-15-13-21-11-7-10-20-12-14-23(28(40)37(24)26(20)21)35-30(42)43-18-19-8-5-4-6-9-19/h4-11,17,22-24H,12-16,18H2,1-3H3,(H,34,39)(H,35,42)(H3,32,36,41)/b33-17+/t22-,23+,24?/m1/s1. The van der Waals surface area contributed by atoms with Crippen molar-refractivity contribution in [3.63, 3.8) is 0 Å². The third kappa shape index (κ3) is 8.55. The number of anilines is 1. The Kier molecular flexibility index (Phi) is 10.2. The molecule has 44 heavy (non-hydrogen) atoms. The summed E-state index contributed by atoms with van der Waals surface area (Å²) in [5.74, 6) is -1.58. The van der Waals surface area contributed by atoms with Crippen molar-refractivity contribution >= 4 is 41.8 Å².